The number of methoxy groups -OCH3 is 1. The third kappa shape index (κ3) is 3.42. The van der Waals surface area contributed by atoms with Crippen molar-refractivity contribution >= 4 is 22.7 Å². The fraction of sp³-hybridized carbons (Fsp3) is 0.286. The number of benzene rings is 1. The number of hydrogen-bond donors (Lipinski definition) is 0. The third-order valence-electron chi connectivity index (χ3n) is 2.85. The number of Topliss-reactive ketones (excluding diaryl/α,β-unsaturated/α-hetero) is 1. The number of carbonyl (C=O) groups excluding carboxylic acids is 2. The van der Waals surface area contributed by atoms with Gasteiger partial charge in [-0.2, -0.15) is 0 Å². The quantitative estimate of drug-likeness (QED) is 0.491. The first-order valence-electron chi connectivity index (χ1n) is 5.83. The number of carboxylic acids is 1. The SMILES string of the molecule is COc1ccc(C(=O)CCC(=O)[O-])c2cc(C)oc12.[Na+]. The molecule has 0 bridgehead atoms. The first kappa shape index (κ1) is 16.8. The molecule has 0 atom stereocenters. The summed E-state index contributed by atoms with van der Waals surface area (Å²) in [5.41, 5.74) is 0.938. The van der Waals surface area contributed by atoms with Gasteiger partial charge in [0.15, 0.2) is 17.1 Å². The van der Waals surface area contributed by atoms with Gasteiger partial charge in [-0.25, -0.2) is 0 Å². The Morgan fingerprint density at radius 1 is 1.30 bits per heavy atom. The van der Waals surface area contributed by atoms with E-state index in [1.807, 2.05) is 0 Å². The number of carbonyl (C=O) groups is 2. The molecule has 0 aliphatic rings. The van der Waals surface area contributed by atoms with Crippen LogP contribution in [0.5, 0.6) is 5.75 Å². The van der Waals surface area contributed by atoms with Crippen LogP contribution in [0.25, 0.3) is 11.0 Å². The number of hydrogen-bond acceptors (Lipinski definition) is 5. The van der Waals surface area contributed by atoms with Crippen LogP contribution >= 0.6 is 0 Å². The second-order valence-electron chi connectivity index (χ2n) is 4.21. The molecule has 20 heavy (non-hydrogen) atoms. The van der Waals surface area contributed by atoms with Crippen LogP contribution in [-0.2, 0) is 4.79 Å². The van der Waals surface area contributed by atoms with E-state index in [9.17, 15) is 14.7 Å². The van der Waals surface area contributed by atoms with Crippen molar-refractivity contribution in [2.45, 2.75) is 19.8 Å². The Kier molecular flexibility index (Phi) is 5.80. The molecule has 2 rings (SSSR count). The van der Waals surface area contributed by atoms with Crippen molar-refractivity contribution in [2.75, 3.05) is 7.11 Å². The maximum absolute atomic E-state index is 12.0. The number of ether oxygens (including phenoxy) is 1. The zero-order chi connectivity index (χ0) is 14.0. The summed E-state index contributed by atoms with van der Waals surface area (Å²) in [7, 11) is 1.52. The summed E-state index contributed by atoms with van der Waals surface area (Å²) < 4.78 is 10.7. The summed E-state index contributed by atoms with van der Waals surface area (Å²) in [6, 6.07) is 5.00. The van der Waals surface area contributed by atoms with Gasteiger partial charge in [0.05, 0.1) is 7.11 Å². The van der Waals surface area contributed by atoms with Crippen molar-refractivity contribution < 1.29 is 53.4 Å². The van der Waals surface area contributed by atoms with Crippen LogP contribution in [0.15, 0.2) is 22.6 Å². The van der Waals surface area contributed by atoms with Gasteiger partial charge in [0.1, 0.15) is 5.76 Å². The molecule has 0 unspecified atom stereocenters. The smallest absolute Gasteiger partial charge is 0.550 e. The van der Waals surface area contributed by atoms with Gasteiger partial charge in [-0.15, -0.1) is 0 Å². The van der Waals surface area contributed by atoms with Gasteiger partial charge in [0.25, 0.3) is 0 Å². The largest absolute Gasteiger partial charge is 1.00 e. The molecule has 0 aliphatic carbocycles. The Balaban J connectivity index is 0.00000200. The molecule has 6 heteroatoms. The number of carboxylic acid groups (broad SMARTS) is 1. The third-order valence-corrected chi connectivity index (χ3v) is 2.85. The molecule has 0 fully saturated rings. The van der Waals surface area contributed by atoms with Crippen molar-refractivity contribution in [3.05, 3.63) is 29.5 Å². The zero-order valence-corrected chi connectivity index (χ0v) is 13.7. The van der Waals surface area contributed by atoms with E-state index in [2.05, 4.69) is 0 Å². The Hall–Kier alpha value is -1.30. The minimum absolute atomic E-state index is 0. The molecule has 0 saturated heterocycles. The molecule has 0 radical (unpaired) electrons. The Bertz CT molecular complexity index is 644. The summed E-state index contributed by atoms with van der Waals surface area (Å²) in [6.07, 6.45) is -0.378. The van der Waals surface area contributed by atoms with Crippen LogP contribution in [0.4, 0.5) is 0 Å². The van der Waals surface area contributed by atoms with Gasteiger partial charge in [-0.05, 0) is 31.5 Å². The van der Waals surface area contributed by atoms with Gasteiger partial charge >= 0.3 is 29.6 Å². The predicted octanol–water partition coefficient (Wildman–Crippen LogP) is -1.53. The van der Waals surface area contributed by atoms with Gasteiger partial charge < -0.3 is 19.1 Å². The minimum Gasteiger partial charge on any atom is -0.550 e. The van der Waals surface area contributed by atoms with Gasteiger partial charge in [-0.1, -0.05) is 0 Å². The average molecular weight is 284 g/mol. The van der Waals surface area contributed by atoms with Crippen molar-refractivity contribution in [3.8, 4) is 5.75 Å². The van der Waals surface area contributed by atoms with Crippen LogP contribution in [0.1, 0.15) is 29.0 Å². The van der Waals surface area contributed by atoms with Gasteiger partial charge in [-0.3, -0.25) is 4.79 Å². The number of aryl methyl sites for hydroxylation is 1. The van der Waals surface area contributed by atoms with Crippen LogP contribution in [0.3, 0.4) is 0 Å². The Morgan fingerprint density at radius 3 is 2.60 bits per heavy atom. The molecule has 0 aliphatic heterocycles. The summed E-state index contributed by atoms with van der Waals surface area (Å²) in [5.74, 6) is -0.285. The molecule has 5 nitrogen and oxygen atoms in total. The second-order valence-corrected chi connectivity index (χ2v) is 4.21. The maximum Gasteiger partial charge on any atom is 1.00 e. The molecule has 2 aromatic rings. The fourth-order valence-corrected chi connectivity index (χ4v) is 1.98. The van der Waals surface area contributed by atoms with Crippen molar-refractivity contribution in [1.82, 2.24) is 0 Å². The van der Waals surface area contributed by atoms with E-state index in [0.29, 0.717) is 28.0 Å². The van der Waals surface area contributed by atoms with E-state index in [1.54, 1.807) is 25.1 Å². The zero-order valence-electron chi connectivity index (χ0n) is 11.7. The van der Waals surface area contributed by atoms with Crippen LogP contribution in [-0.4, -0.2) is 18.9 Å². The second kappa shape index (κ2) is 6.92. The standard InChI is InChI=1S/C14H14O5.Na/c1-8-7-10-9(11(15)4-6-13(16)17)3-5-12(18-2)14(10)19-8;/h3,5,7H,4,6H2,1-2H3,(H,16,17);/q;+1/p-1. The van der Waals surface area contributed by atoms with E-state index in [4.69, 9.17) is 9.15 Å². The van der Waals surface area contributed by atoms with Crippen molar-refractivity contribution in [2.24, 2.45) is 0 Å². The monoisotopic (exact) mass is 284 g/mol. The van der Waals surface area contributed by atoms with E-state index in [0.717, 1.165) is 0 Å². The number of furan rings is 1. The summed E-state index contributed by atoms with van der Waals surface area (Å²) in [4.78, 5) is 22.4. The first-order valence-corrected chi connectivity index (χ1v) is 5.83. The molecule has 0 N–H and O–H groups in total. The van der Waals surface area contributed by atoms with Crippen molar-refractivity contribution in [3.63, 3.8) is 0 Å². The van der Waals surface area contributed by atoms with E-state index in [1.165, 1.54) is 7.11 Å². The first-order chi connectivity index (χ1) is 9.02. The van der Waals surface area contributed by atoms with Crippen LogP contribution in [0.2, 0.25) is 0 Å². The van der Waals surface area contributed by atoms with Gasteiger partial charge in [0.2, 0.25) is 0 Å². The molecular formula is C14H13NaO5. The number of rotatable bonds is 5. The summed E-state index contributed by atoms with van der Waals surface area (Å²) in [5, 5.41) is 11.0. The van der Waals surface area contributed by atoms with Crippen LogP contribution < -0.4 is 39.4 Å². The fourth-order valence-electron chi connectivity index (χ4n) is 1.98. The number of aliphatic carboxylic acids is 1. The van der Waals surface area contributed by atoms with Crippen LogP contribution in [0, 0.1) is 6.92 Å². The molecule has 100 valence electrons. The number of ketones is 1. The average Bonchev–Trinajstić information content (AvgIpc) is 2.75. The van der Waals surface area contributed by atoms with Gasteiger partial charge in [0, 0.05) is 23.3 Å². The Morgan fingerprint density at radius 2 is 2.00 bits per heavy atom. The summed E-state index contributed by atoms with van der Waals surface area (Å²) in [6.45, 7) is 1.77. The van der Waals surface area contributed by atoms with Crippen molar-refractivity contribution in [1.29, 1.82) is 0 Å². The molecule has 1 aromatic carbocycles. The van der Waals surface area contributed by atoms with E-state index < -0.39 is 5.97 Å². The molecular weight excluding hydrogens is 271 g/mol. The molecule has 1 heterocycles. The molecule has 0 spiro atoms. The molecule has 0 saturated carbocycles. The van der Waals surface area contributed by atoms with E-state index in [-0.39, 0.29) is 48.2 Å². The topological polar surface area (TPSA) is 79.6 Å². The Labute approximate surface area is 138 Å². The minimum atomic E-state index is -1.23. The normalized spacial score (nSPS) is 10.1. The molecule has 1 aromatic heterocycles. The number of fused-ring (bicyclic) bond motifs is 1. The maximum atomic E-state index is 12.0. The van der Waals surface area contributed by atoms with E-state index >= 15 is 0 Å². The summed E-state index contributed by atoms with van der Waals surface area (Å²) >= 11 is 0. The predicted molar refractivity (Wildman–Crippen MR) is 66.1 cm³/mol. The molecule has 0 amide bonds.